The van der Waals surface area contributed by atoms with E-state index in [2.05, 4.69) is 9.72 Å². The molecule has 0 aliphatic carbocycles. The Labute approximate surface area is 129 Å². The molecule has 0 amide bonds. The lowest BCUT2D eigenvalue weighted by Gasteiger charge is -2.16. The lowest BCUT2D eigenvalue weighted by Crippen LogP contribution is -2.34. The fourth-order valence-corrected chi connectivity index (χ4v) is 2.11. The van der Waals surface area contributed by atoms with E-state index in [1.165, 1.54) is 13.2 Å². The number of esters is 1. The van der Waals surface area contributed by atoms with Gasteiger partial charge < -0.3 is 25.4 Å². The molecule has 2 heterocycles. The number of aromatic nitrogens is 2. The maximum atomic E-state index is 14.1. The van der Waals surface area contributed by atoms with E-state index in [1.54, 1.807) is 0 Å². The normalized spacial score (nSPS) is 27.5. The van der Waals surface area contributed by atoms with Crippen LogP contribution in [-0.4, -0.2) is 57.8 Å². The van der Waals surface area contributed by atoms with Gasteiger partial charge in [-0.05, 0) is 6.08 Å². The van der Waals surface area contributed by atoms with Crippen LogP contribution in [0, 0.1) is 0 Å². The van der Waals surface area contributed by atoms with Crippen molar-refractivity contribution in [3.63, 3.8) is 0 Å². The number of nitrogens with zero attached hydrogens (tertiary/aromatic N) is 2. The maximum absolute atomic E-state index is 14.1. The lowest BCUT2D eigenvalue weighted by atomic mass is 10.1. The quantitative estimate of drug-likeness (QED) is 0.453. The molecular formula is C13H16FN3O6. The Bertz CT molecular complexity index is 676. The number of aliphatic hydroxyl groups is 2. The minimum Gasteiger partial charge on any atom is -0.466 e. The van der Waals surface area contributed by atoms with Crippen LogP contribution in [0.4, 0.5) is 10.2 Å². The highest BCUT2D eigenvalue weighted by atomic mass is 19.1. The number of nitrogen functional groups attached to an aromatic ring is 1. The molecule has 0 bridgehead atoms. The Hall–Kier alpha value is -2.30. The summed E-state index contributed by atoms with van der Waals surface area (Å²) in [4.78, 5) is 26.5. The molecule has 10 heteroatoms. The average molecular weight is 329 g/mol. The Morgan fingerprint density at radius 2 is 2.35 bits per heavy atom. The second-order valence-corrected chi connectivity index (χ2v) is 4.81. The molecule has 126 valence electrons. The van der Waals surface area contributed by atoms with Gasteiger partial charge in [0.05, 0.1) is 13.7 Å². The van der Waals surface area contributed by atoms with E-state index in [-0.39, 0.29) is 11.4 Å². The molecule has 1 saturated heterocycles. The van der Waals surface area contributed by atoms with Crippen molar-refractivity contribution in [2.24, 2.45) is 0 Å². The smallest absolute Gasteiger partial charge is 0.351 e. The molecular weight excluding hydrogens is 313 g/mol. The van der Waals surface area contributed by atoms with Crippen LogP contribution >= 0.6 is 0 Å². The molecule has 1 aromatic heterocycles. The molecule has 9 nitrogen and oxygen atoms in total. The zero-order valence-corrected chi connectivity index (χ0v) is 12.1. The van der Waals surface area contributed by atoms with E-state index in [0.717, 1.165) is 16.8 Å². The van der Waals surface area contributed by atoms with Crippen LogP contribution in [0.1, 0.15) is 11.8 Å². The summed E-state index contributed by atoms with van der Waals surface area (Å²) in [6.07, 6.45) is -2.70. The first-order chi connectivity index (χ1) is 10.9. The van der Waals surface area contributed by atoms with Gasteiger partial charge in [-0.2, -0.15) is 4.98 Å². The van der Waals surface area contributed by atoms with Crippen molar-refractivity contribution in [3.05, 3.63) is 28.3 Å². The summed E-state index contributed by atoms with van der Waals surface area (Å²) in [5.74, 6) is -0.822. The number of ether oxygens (including phenoxy) is 2. The predicted molar refractivity (Wildman–Crippen MR) is 75.9 cm³/mol. The number of nitrogens with two attached hydrogens (primary N) is 1. The van der Waals surface area contributed by atoms with E-state index in [0.29, 0.717) is 0 Å². The van der Waals surface area contributed by atoms with Gasteiger partial charge in [0, 0.05) is 17.8 Å². The molecule has 1 fully saturated rings. The lowest BCUT2D eigenvalue weighted by molar-refractivity contribution is -0.134. The molecule has 0 saturated carbocycles. The topological polar surface area (TPSA) is 137 Å². The van der Waals surface area contributed by atoms with Crippen molar-refractivity contribution in [1.29, 1.82) is 0 Å². The summed E-state index contributed by atoms with van der Waals surface area (Å²) in [5, 5.41) is 18.6. The summed E-state index contributed by atoms with van der Waals surface area (Å²) < 4.78 is 24.5. The van der Waals surface area contributed by atoms with Gasteiger partial charge in [-0.1, -0.05) is 0 Å². The van der Waals surface area contributed by atoms with Gasteiger partial charge in [-0.3, -0.25) is 4.57 Å². The van der Waals surface area contributed by atoms with Crippen molar-refractivity contribution in [3.8, 4) is 0 Å². The zero-order valence-electron chi connectivity index (χ0n) is 12.1. The van der Waals surface area contributed by atoms with Gasteiger partial charge in [-0.15, -0.1) is 0 Å². The second kappa shape index (κ2) is 6.86. The summed E-state index contributed by atoms with van der Waals surface area (Å²) in [7, 11) is 1.19. The number of halogens is 1. The van der Waals surface area contributed by atoms with Crippen molar-refractivity contribution in [2.75, 3.05) is 19.5 Å². The van der Waals surface area contributed by atoms with Crippen molar-refractivity contribution < 1.29 is 28.9 Å². The summed E-state index contributed by atoms with van der Waals surface area (Å²) in [6, 6.07) is 0. The molecule has 1 aliphatic rings. The predicted octanol–water partition coefficient (Wildman–Crippen LogP) is -1.40. The Balaban J connectivity index is 2.38. The largest absolute Gasteiger partial charge is 0.466 e. The van der Waals surface area contributed by atoms with Crippen molar-refractivity contribution in [1.82, 2.24) is 9.55 Å². The van der Waals surface area contributed by atoms with Crippen LogP contribution in [0.25, 0.3) is 6.08 Å². The fourth-order valence-electron chi connectivity index (χ4n) is 2.11. The van der Waals surface area contributed by atoms with E-state index >= 15 is 0 Å². The number of alkyl halides is 1. The Kier molecular flexibility index (Phi) is 5.08. The highest BCUT2D eigenvalue weighted by Crippen LogP contribution is 2.31. The molecule has 1 aromatic rings. The fraction of sp³-hybridized carbons (Fsp3) is 0.462. The SMILES string of the molecule is COC(=O)/C=C/c1cn(C2OC(CO)C(O)C2F)c(=O)nc1N. The first-order valence-electron chi connectivity index (χ1n) is 6.62. The van der Waals surface area contributed by atoms with Gasteiger partial charge in [0.1, 0.15) is 18.0 Å². The second-order valence-electron chi connectivity index (χ2n) is 4.81. The molecule has 4 atom stereocenters. The molecule has 4 unspecified atom stereocenters. The number of aliphatic hydroxyl groups excluding tert-OH is 2. The third-order valence-corrected chi connectivity index (χ3v) is 3.36. The minimum absolute atomic E-state index is 0.160. The minimum atomic E-state index is -1.94. The van der Waals surface area contributed by atoms with Crippen LogP contribution in [-0.2, 0) is 14.3 Å². The van der Waals surface area contributed by atoms with Crippen molar-refractivity contribution in [2.45, 2.75) is 24.6 Å². The first-order valence-corrected chi connectivity index (χ1v) is 6.62. The number of carbonyl (C=O) groups is 1. The third-order valence-electron chi connectivity index (χ3n) is 3.36. The Morgan fingerprint density at radius 3 is 2.91 bits per heavy atom. The van der Waals surface area contributed by atoms with E-state index in [4.69, 9.17) is 15.6 Å². The van der Waals surface area contributed by atoms with Crippen LogP contribution in [0.2, 0.25) is 0 Å². The van der Waals surface area contributed by atoms with Gasteiger partial charge in [0.2, 0.25) is 0 Å². The molecule has 4 N–H and O–H groups in total. The number of methoxy groups -OCH3 is 1. The van der Waals surface area contributed by atoms with E-state index in [9.17, 15) is 19.1 Å². The molecule has 1 aliphatic heterocycles. The molecule has 2 rings (SSSR count). The maximum Gasteiger partial charge on any atom is 0.351 e. The highest BCUT2D eigenvalue weighted by molar-refractivity contribution is 5.87. The molecule has 0 radical (unpaired) electrons. The highest BCUT2D eigenvalue weighted by Gasteiger charge is 2.45. The first kappa shape index (κ1) is 17.1. The number of carbonyl (C=O) groups excluding carboxylic acids is 1. The van der Waals surface area contributed by atoms with E-state index in [1.807, 2.05) is 0 Å². The number of rotatable bonds is 4. The van der Waals surface area contributed by atoms with Gasteiger partial charge in [0.25, 0.3) is 0 Å². The van der Waals surface area contributed by atoms with Crippen LogP contribution < -0.4 is 11.4 Å². The summed E-state index contributed by atoms with van der Waals surface area (Å²) >= 11 is 0. The Morgan fingerprint density at radius 1 is 1.65 bits per heavy atom. The molecule has 23 heavy (non-hydrogen) atoms. The summed E-state index contributed by atoms with van der Waals surface area (Å²) in [6.45, 7) is -0.607. The number of hydrogen-bond acceptors (Lipinski definition) is 8. The molecule has 0 aromatic carbocycles. The zero-order chi connectivity index (χ0) is 17.1. The van der Waals surface area contributed by atoms with Crippen molar-refractivity contribution >= 4 is 17.9 Å². The third kappa shape index (κ3) is 3.38. The van der Waals surface area contributed by atoms with Gasteiger partial charge >= 0.3 is 11.7 Å². The van der Waals surface area contributed by atoms with Crippen LogP contribution in [0.3, 0.4) is 0 Å². The average Bonchev–Trinajstić information content (AvgIpc) is 2.81. The number of hydrogen-bond donors (Lipinski definition) is 3. The van der Waals surface area contributed by atoms with E-state index < -0.39 is 42.9 Å². The van der Waals surface area contributed by atoms with Gasteiger partial charge in [-0.25, -0.2) is 14.0 Å². The molecule has 0 spiro atoms. The number of anilines is 1. The van der Waals surface area contributed by atoms with Crippen LogP contribution in [0.15, 0.2) is 17.1 Å². The summed E-state index contributed by atoms with van der Waals surface area (Å²) in [5.41, 5.74) is 4.85. The van der Waals surface area contributed by atoms with Gasteiger partial charge in [0.15, 0.2) is 12.4 Å². The standard InChI is InChI=1S/C13H16FN3O6/c1-22-8(19)3-2-6-4-17(13(21)16-11(6)15)12-9(14)10(20)7(5-18)23-12/h2-4,7,9-10,12,18,20H,5H2,1H3,(H2,15,16,21)/b3-2+. The van der Waals surface area contributed by atoms with Crippen LogP contribution in [0.5, 0.6) is 0 Å². The monoisotopic (exact) mass is 329 g/mol.